The number of hydrogen-bond donors (Lipinski definition) is 0. The van der Waals surface area contributed by atoms with Gasteiger partial charge in [0.1, 0.15) is 0 Å². The zero-order valence-corrected chi connectivity index (χ0v) is 14.1. The number of hydrogen-bond acceptors (Lipinski definition) is 3. The van der Waals surface area contributed by atoms with Gasteiger partial charge in [-0.05, 0) is 49.4 Å². The molecule has 2 aliphatic heterocycles. The molecule has 0 N–H and O–H groups in total. The first-order valence-electron chi connectivity index (χ1n) is 8.67. The Hall–Kier alpha value is -2.33. The largest absolute Gasteiger partial charge is 0.340 e. The Labute approximate surface area is 143 Å². The Balaban J connectivity index is 1.74. The summed E-state index contributed by atoms with van der Waals surface area (Å²) in [4.78, 5) is 18.7. The highest BCUT2D eigenvalue weighted by molar-refractivity contribution is 5.95. The van der Waals surface area contributed by atoms with Crippen molar-refractivity contribution in [3.8, 4) is 0 Å². The van der Waals surface area contributed by atoms with Crippen LogP contribution in [-0.2, 0) is 11.3 Å². The van der Waals surface area contributed by atoms with Crippen LogP contribution in [0.5, 0.6) is 0 Å². The lowest BCUT2D eigenvalue weighted by atomic mass is 10.1. The molecule has 0 radical (unpaired) electrons. The fraction of sp³-hybridized carbons (Fsp3) is 0.350. The lowest BCUT2D eigenvalue weighted by molar-refractivity contribution is -0.117. The molecule has 0 aliphatic carbocycles. The predicted molar refractivity (Wildman–Crippen MR) is 97.8 cm³/mol. The maximum absolute atomic E-state index is 12.1. The first-order chi connectivity index (χ1) is 11.7. The molecule has 0 saturated carbocycles. The van der Waals surface area contributed by atoms with E-state index in [1.807, 2.05) is 4.90 Å². The minimum absolute atomic E-state index is 0.247. The molecule has 0 bridgehead atoms. The summed E-state index contributed by atoms with van der Waals surface area (Å²) in [5.41, 5.74) is 4.80. The average Bonchev–Trinajstić information content (AvgIpc) is 2.95. The molecule has 124 valence electrons. The number of carbonyl (C=O) groups is 1. The molecule has 1 amide bonds. The van der Waals surface area contributed by atoms with Crippen LogP contribution in [0.1, 0.15) is 18.4 Å². The third-order valence-corrected chi connectivity index (χ3v) is 4.95. The second kappa shape index (κ2) is 6.29. The average molecular weight is 321 g/mol. The van der Waals surface area contributed by atoms with Gasteiger partial charge in [0, 0.05) is 49.7 Å². The number of rotatable bonds is 2. The number of benzene rings is 2. The quantitative estimate of drug-likeness (QED) is 0.848. The summed E-state index contributed by atoms with van der Waals surface area (Å²) >= 11 is 0. The molecule has 24 heavy (non-hydrogen) atoms. The van der Waals surface area contributed by atoms with E-state index in [4.69, 9.17) is 0 Å². The molecular formula is C20H23N3O. The van der Waals surface area contributed by atoms with Crippen molar-refractivity contribution in [1.82, 2.24) is 4.90 Å². The van der Waals surface area contributed by atoms with Gasteiger partial charge in [-0.15, -0.1) is 0 Å². The second-order valence-corrected chi connectivity index (χ2v) is 6.69. The Kier molecular flexibility index (Phi) is 3.98. The number of nitrogens with zero attached hydrogens (tertiary/aromatic N) is 3. The molecule has 0 spiro atoms. The number of likely N-dealkylation sites (N-methyl/N-ethyl adjacent to an activating group) is 1. The third-order valence-electron chi connectivity index (χ3n) is 4.95. The number of anilines is 3. The monoisotopic (exact) mass is 321 g/mol. The molecule has 2 aromatic carbocycles. The van der Waals surface area contributed by atoms with Gasteiger partial charge < -0.3 is 14.7 Å². The lowest BCUT2D eigenvalue weighted by Crippen LogP contribution is -2.26. The highest BCUT2D eigenvalue weighted by atomic mass is 16.2. The molecule has 2 heterocycles. The van der Waals surface area contributed by atoms with Gasteiger partial charge in [-0.1, -0.05) is 18.2 Å². The van der Waals surface area contributed by atoms with Crippen LogP contribution in [0.15, 0.2) is 48.5 Å². The number of fused-ring (bicyclic) bond motifs is 1. The summed E-state index contributed by atoms with van der Waals surface area (Å²) < 4.78 is 0. The summed E-state index contributed by atoms with van der Waals surface area (Å²) in [6, 6.07) is 17.0. The summed E-state index contributed by atoms with van der Waals surface area (Å²) in [6.45, 7) is 3.74. The van der Waals surface area contributed by atoms with Crippen molar-refractivity contribution in [2.45, 2.75) is 19.4 Å². The van der Waals surface area contributed by atoms with Gasteiger partial charge in [0.15, 0.2) is 0 Å². The van der Waals surface area contributed by atoms with E-state index < -0.39 is 0 Å². The molecule has 1 saturated heterocycles. The molecule has 0 atom stereocenters. The summed E-state index contributed by atoms with van der Waals surface area (Å²) in [6.07, 6.45) is 1.64. The van der Waals surface area contributed by atoms with E-state index in [0.29, 0.717) is 6.42 Å². The van der Waals surface area contributed by atoms with E-state index in [-0.39, 0.29) is 5.91 Å². The normalized spacial score (nSPS) is 18.6. The molecule has 2 aromatic rings. The van der Waals surface area contributed by atoms with E-state index >= 15 is 0 Å². The smallest absolute Gasteiger partial charge is 0.227 e. The standard InChI is InChI=1S/C20H23N3O/c1-21-12-13-22(17-6-3-2-4-7-17)19-10-9-18(14-16(19)15-21)23-11-5-8-20(23)24/h2-4,6-7,9-10,14H,5,8,11-13,15H2,1H3. The van der Waals surface area contributed by atoms with Crippen molar-refractivity contribution >= 4 is 23.0 Å². The second-order valence-electron chi connectivity index (χ2n) is 6.69. The molecule has 4 rings (SSSR count). The van der Waals surface area contributed by atoms with Crippen molar-refractivity contribution < 1.29 is 4.79 Å². The van der Waals surface area contributed by atoms with Crippen molar-refractivity contribution in [2.75, 3.05) is 36.5 Å². The Morgan fingerprint density at radius 2 is 1.71 bits per heavy atom. The fourth-order valence-corrected chi connectivity index (χ4v) is 3.69. The zero-order chi connectivity index (χ0) is 16.5. The van der Waals surface area contributed by atoms with Crippen LogP contribution in [0.25, 0.3) is 0 Å². The van der Waals surface area contributed by atoms with Gasteiger partial charge in [0.05, 0.1) is 0 Å². The summed E-state index contributed by atoms with van der Waals surface area (Å²) in [7, 11) is 2.16. The maximum Gasteiger partial charge on any atom is 0.227 e. The molecule has 4 nitrogen and oxygen atoms in total. The Morgan fingerprint density at radius 3 is 2.46 bits per heavy atom. The van der Waals surface area contributed by atoms with Crippen LogP contribution in [0.4, 0.5) is 17.1 Å². The molecule has 0 unspecified atom stereocenters. The molecule has 2 aliphatic rings. The molecule has 1 fully saturated rings. The van der Waals surface area contributed by atoms with Crippen molar-refractivity contribution in [3.05, 3.63) is 54.1 Å². The van der Waals surface area contributed by atoms with Crippen LogP contribution in [-0.4, -0.2) is 37.5 Å². The van der Waals surface area contributed by atoms with Crippen LogP contribution in [0, 0.1) is 0 Å². The number of carbonyl (C=O) groups excluding carboxylic acids is 1. The van der Waals surface area contributed by atoms with Gasteiger partial charge in [-0.25, -0.2) is 0 Å². The van der Waals surface area contributed by atoms with Crippen molar-refractivity contribution in [2.24, 2.45) is 0 Å². The summed E-state index contributed by atoms with van der Waals surface area (Å²) in [5.74, 6) is 0.247. The van der Waals surface area contributed by atoms with Crippen molar-refractivity contribution in [1.29, 1.82) is 0 Å². The van der Waals surface area contributed by atoms with E-state index in [0.717, 1.165) is 38.3 Å². The van der Waals surface area contributed by atoms with Gasteiger partial charge in [-0.2, -0.15) is 0 Å². The van der Waals surface area contributed by atoms with E-state index in [1.54, 1.807) is 0 Å². The Morgan fingerprint density at radius 1 is 0.875 bits per heavy atom. The zero-order valence-electron chi connectivity index (χ0n) is 14.1. The minimum Gasteiger partial charge on any atom is -0.340 e. The maximum atomic E-state index is 12.1. The van der Waals surface area contributed by atoms with Crippen LogP contribution >= 0.6 is 0 Å². The van der Waals surface area contributed by atoms with E-state index in [2.05, 4.69) is 65.4 Å². The number of amides is 1. The molecule has 4 heteroatoms. The van der Waals surface area contributed by atoms with Gasteiger partial charge >= 0.3 is 0 Å². The lowest BCUT2D eigenvalue weighted by Gasteiger charge is -2.26. The fourth-order valence-electron chi connectivity index (χ4n) is 3.69. The van der Waals surface area contributed by atoms with E-state index in [1.165, 1.54) is 16.9 Å². The highest BCUT2D eigenvalue weighted by Gasteiger charge is 2.24. The predicted octanol–water partition coefficient (Wildman–Crippen LogP) is 3.40. The topological polar surface area (TPSA) is 26.8 Å². The molecule has 0 aromatic heterocycles. The van der Waals surface area contributed by atoms with Gasteiger partial charge in [0.2, 0.25) is 5.91 Å². The van der Waals surface area contributed by atoms with Gasteiger partial charge in [0.25, 0.3) is 0 Å². The van der Waals surface area contributed by atoms with Gasteiger partial charge in [-0.3, -0.25) is 4.79 Å². The number of para-hydroxylation sites is 1. The molecular weight excluding hydrogens is 298 g/mol. The van der Waals surface area contributed by atoms with E-state index in [9.17, 15) is 4.79 Å². The first-order valence-corrected chi connectivity index (χ1v) is 8.67. The Bertz CT molecular complexity index is 744. The van der Waals surface area contributed by atoms with Crippen LogP contribution in [0.3, 0.4) is 0 Å². The minimum atomic E-state index is 0.247. The first kappa shape index (κ1) is 15.2. The summed E-state index contributed by atoms with van der Waals surface area (Å²) in [5, 5.41) is 0. The van der Waals surface area contributed by atoms with Crippen molar-refractivity contribution in [3.63, 3.8) is 0 Å². The van der Waals surface area contributed by atoms with Crippen LogP contribution < -0.4 is 9.80 Å². The SMILES string of the molecule is CN1CCN(c2ccccc2)c2ccc(N3CCCC3=O)cc2C1. The van der Waals surface area contributed by atoms with Crippen LogP contribution in [0.2, 0.25) is 0 Å². The highest BCUT2D eigenvalue weighted by Crippen LogP contribution is 2.34. The third kappa shape index (κ3) is 2.78.